The molecule has 1 amide bonds. The molecular formula is C15H26N4O. The topological polar surface area (TPSA) is 50.2 Å². The third kappa shape index (κ3) is 3.82. The number of aromatic nitrogens is 2. The van der Waals surface area contributed by atoms with E-state index in [1.54, 1.807) is 0 Å². The van der Waals surface area contributed by atoms with Gasteiger partial charge in [-0.05, 0) is 18.8 Å². The van der Waals surface area contributed by atoms with Gasteiger partial charge in [-0.25, -0.2) is 0 Å². The molecule has 2 heterocycles. The van der Waals surface area contributed by atoms with Crippen LogP contribution in [0.2, 0.25) is 0 Å². The highest BCUT2D eigenvalue weighted by atomic mass is 16.2. The lowest BCUT2D eigenvalue weighted by Crippen LogP contribution is -2.30. The number of carbonyl (C=O) groups is 1. The molecule has 0 unspecified atom stereocenters. The first-order valence-electron chi connectivity index (χ1n) is 7.59. The summed E-state index contributed by atoms with van der Waals surface area (Å²) in [6.07, 6.45) is 4.97. The van der Waals surface area contributed by atoms with Gasteiger partial charge in [-0.15, -0.1) is 0 Å². The number of aryl methyl sites for hydroxylation is 1. The fourth-order valence-electron chi connectivity index (χ4n) is 2.72. The summed E-state index contributed by atoms with van der Waals surface area (Å²) < 4.78 is 1.86. The Labute approximate surface area is 121 Å². The lowest BCUT2D eigenvalue weighted by Gasteiger charge is -2.15. The van der Waals surface area contributed by atoms with Crippen molar-refractivity contribution in [3.8, 4) is 0 Å². The molecule has 0 bridgehead atoms. The van der Waals surface area contributed by atoms with Crippen molar-refractivity contribution in [2.45, 2.75) is 45.6 Å². The van der Waals surface area contributed by atoms with Gasteiger partial charge in [-0.2, -0.15) is 5.10 Å². The van der Waals surface area contributed by atoms with E-state index >= 15 is 0 Å². The second-order valence-electron chi connectivity index (χ2n) is 5.88. The molecule has 112 valence electrons. The maximum Gasteiger partial charge on any atom is 0.223 e. The summed E-state index contributed by atoms with van der Waals surface area (Å²) in [6.45, 7) is 7.72. The molecule has 0 aliphatic carbocycles. The van der Waals surface area contributed by atoms with Crippen molar-refractivity contribution in [2.75, 3.05) is 19.6 Å². The van der Waals surface area contributed by atoms with E-state index < -0.39 is 0 Å². The van der Waals surface area contributed by atoms with Crippen LogP contribution in [0.1, 0.15) is 50.3 Å². The van der Waals surface area contributed by atoms with Gasteiger partial charge in [0.2, 0.25) is 5.91 Å². The van der Waals surface area contributed by atoms with Crippen molar-refractivity contribution < 1.29 is 4.79 Å². The van der Waals surface area contributed by atoms with Gasteiger partial charge in [0.15, 0.2) is 0 Å². The predicted molar refractivity (Wildman–Crippen MR) is 79.4 cm³/mol. The zero-order chi connectivity index (χ0) is 14.5. The molecule has 1 saturated heterocycles. The van der Waals surface area contributed by atoms with Gasteiger partial charge in [0.1, 0.15) is 0 Å². The first kappa shape index (κ1) is 15.0. The summed E-state index contributed by atoms with van der Waals surface area (Å²) in [5.41, 5.74) is 2.38. The third-order valence-electron chi connectivity index (χ3n) is 3.77. The average molecular weight is 278 g/mol. The molecule has 0 aromatic carbocycles. The quantitative estimate of drug-likeness (QED) is 0.805. The van der Waals surface area contributed by atoms with E-state index in [-0.39, 0.29) is 5.91 Å². The fraction of sp³-hybridized carbons (Fsp3) is 0.733. The van der Waals surface area contributed by atoms with Crippen LogP contribution >= 0.6 is 0 Å². The summed E-state index contributed by atoms with van der Waals surface area (Å²) in [4.78, 5) is 13.9. The minimum Gasteiger partial charge on any atom is -0.343 e. The zero-order valence-electron chi connectivity index (χ0n) is 12.9. The first-order chi connectivity index (χ1) is 9.58. The molecule has 20 heavy (non-hydrogen) atoms. The van der Waals surface area contributed by atoms with E-state index in [1.165, 1.54) is 5.56 Å². The maximum absolute atomic E-state index is 11.9. The monoisotopic (exact) mass is 278 g/mol. The van der Waals surface area contributed by atoms with Crippen molar-refractivity contribution in [2.24, 2.45) is 7.05 Å². The van der Waals surface area contributed by atoms with Gasteiger partial charge in [0, 0.05) is 51.4 Å². The zero-order valence-corrected chi connectivity index (χ0v) is 12.9. The minimum atomic E-state index is 0.283. The minimum absolute atomic E-state index is 0.283. The molecule has 1 fully saturated rings. The van der Waals surface area contributed by atoms with Crippen LogP contribution in [0.15, 0.2) is 6.20 Å². The van der Waals surface area contributed by atoms with Crippen LogP contribution in [0.3, 0.4) is 0 Å². The molecule has 0 spiro atoms. The smallest absolute Gasteiger partial charge is 0.223 e. The van der Waals surface area contributed by atoms with Crippen molar-refractivity contribution in [1.29, 1.82) is 0 Å². The summed E-state index contributed by atoms with van der Waals surface area (Å²) in [5, 5.41) is 7.85. The van der Waals surface area contributed by atoms with E-state index in [9.17, 15) is 4.79 Å². The first-order valence-corrected chi connectivity index (χ1v) is 7.59. The van der Waals surface area contributed by atoms with Gasteiger partial charge >= 0.3 is 0 Å². The van der Waals surface area contributed by atoms with E-state index in [4.69, 9.17) is 0 Å². The van der Waals surface area contributed by atoms with Gasteiger partial charge in [0.05, 0.1) is 5.69 Å². The molecule has 0 radical (unpaired) electrons. The Morgan fingerprint density at radius 2 is 2.10 bits per heavy atom. The normalized spacial score (nSPS) is 15.3. The largest absolute Gasteiger partial charge is 0.343 e. The molecule has 2 rings (SSSR count). The summed E-state index contributed by atoms with van der Waals surface area (Å²) in [6, 6.07) is 0. The number of hydrogen-bond donors (Lipinski definition) is 1. The molecule has 1 aliphatic heterocycles. The molecule has 0 saturated carbocycles. The SMILES string of the molecule is CC(C)c1nn(C)cc1CNCCC(=O)N1CCCC1. The summed E-state index contributed by atoms with van der Waals surface area (Å²) in [5.74, 6) is 0.713. The van der Waals surface area contributed by atoms with Gasteiger partial charge < -0.3 is 10.2 Å². The van der Waals surface area contributed by atoms with Gasteiger partial charge in [-0.3, -0.25) is 9.48 Å². The molecule has 1 aromatic heterocycles. The molecule has 1 N–H and O–H groups in total. The summed E-state index contributed by atoms with van der Waals surface area (Å²) >= 11 is 0. The Kier molecular flexibility index (Phi) is 5.17. The Morgan fingerprint density at radius 3 is 2.75 bits per heavy atom. The number of carbonyl (C=O) groups excluding carboxylic acids is 1. The van der Waals surface area contributed by atoms with Crippen LogP contribution in [0.25, 0.3) is 0 Å². The van der Waals surface area contributed by atoms with E-state index in [0.717, 1.165) is 44.7 Å². The van der Waals surface area contributed by atoms with Crippen LogP contribution < -0.4 is 5.32 Å². The van der Waals surface area contributed by atoms with E-state index in [0.29, 0.717) is 12.3 Å². The maximum atomic E-state index is 11.9. The Bertz CT molecular complexity index is 447. The number of rotatable bonds is 6. The fourth-order valence-corrected chi connectivity index (χ4v) is 2.72. The van der Waals surface area contributed by atoms with E-state index in [1.807, 2.05) is 16.6 Å². The van der Waals surface area contributed by atoms with Crippen LogP contribution in [0.5, 0.6) is 0 Å². The van der Waals surface area contributed by atoms with Crippen LogP contribution in [-0.4, -0.2) is 40.2 Å². The predicted octanol–water partition coefficient (Wildman–Crippen LogP) is 1.65. The molecule has 1 aromatic rings. The van der Waals surface area contributed by atoms with Crippen molar-refractivity contribution in [1.82, 2.24) is 20.0 Å². The second kappa shape index (κ2) is 6.88. The lowest BCUT2D eigenvalue weighted by atomic mass is 10.1. The lowest BCUT2D eigenvalue weighted by molar-refractivity contribution is -0.130. The Balaban J connectivity index is 1.74. The third-order valence-corrected chi connectivity index (χ3v) is 3.77. The van der Waals surface area contributed by atoms with Crippen LogP contribution in [0, 0.1) is 0 Å². The Hall–Kier alpha value is -1.36. The van der Waals surface area contributed by atoms with Crippen molar-refractivity contribution in [3.05, 3.63) is 17.5 Å². The molecule has 5 nitrogen and oxygen atoms in total. The number of amides is 1. The van der Waals surface area contributed by atoms with E-state index in [2.05, 4.69) is 30.5 Å². The van der Waals surface area contributed by atoms with Crippen molar-refractivity contribution >= 4 is 5.91 Å². The van der Waals surface area contributed by atoms with Gasteiger partial charge in [0.25, 0.3) is 0 Å². The van der Waals surface area contributed by atoms with Crippen LogP contribution in [-0.2, 0) is 18.4 Å². The average Bonchev–Trinajstić information content (AvgIpc) is 3.03. The number of nitrogens with zero attached hydrogens (tertiary/aromatic N) is 3. The van der Waals surface area contributed by atoms with Crippen LogP contribution in [0.4, 0.5) is 0 Å². The Morgan fingerprint density at radius 1 is 1.40 bits per heavy atom. The highest BCUT2D eigenvalue weighted by Gasteiger charge is 2.17. The van der Waals surface area contributed by atoms with Crippen molar-refractivity contribution in [3.63, 3.8) is 0 Å². The standard InChI is InChI=1S/C15H26N4O/c1-12(2)15-13(11-18(3)17-15)10-16-7-6-14(20)19-8-4-5-9-19/h11-12,16H,4-10H2,1-3H3. The number of likely N-dealkylation sites (tertiary alicyclic amines) is 1. The second-order valence-corrected chi connectivity index (χ2v) is 5.88. The van der Waals surface area contributed by atoms with Gasteiger partial charge in [-0.1, -0.05) is 13.8 Å². The molecular weight excluding hydrogens is 252 g/mol. The number of hydrogen-bond acceptors (Lipinski definition) is 3. The molecule has 5 heteroatoms. The molecule has 1 aliphatic rings. The summed E-state index contributed by atoms with van der Waals surface area (Å²) in [7, 11) is 1.95. The molecule has 0 atom stereocenters. The highest BCUT2D eigenvalue weighted by Crippen LogP contribution is 2.16. The number of nitrogens with one attached hydrogen (secondary N) is 1. The highest BCUT2D eigenvalue weighted by molar-refractivity contribution is 5.76.